The van der Waals surface area contributed by atoms with Gasteiger partial charge in [0.1, 0.15) is 17.6 Å². The van der Waals surface area contributed by atoms with Crippen LogP contribution in [0.15, 0.2) is 46.0 Å². The normalized spacial score (nSPS) is 16.4. The average Bonchev–Trinajstić information content (AvgIpc) is 3.09. The molecule has 2 N–H and O–H groups in total. The lowest BCUT2D eigenvalue weighted by molar-refractivity contribution is -0.384. The van der Waals surface area contributed by atoms with Gasteiger partial charge in [-0.25, -0.2) is 4.79 Å². The van der Waals surface area contributed by atoms with Crippen molar-refractivity contribution < 1.29 is 18.9 Å². The summed E-state index contributed by atoms with van der Waals surface area (Å²) in [5.41, 5.74) is 0.950. The van der Waals surface area contributed by atoms with Crippen molar-refractivity contribution in [3.05, 3.63) is 62.5 Å². The van der Waals surface area contributed by atoms with E-state index in [4.69, 9.17) is 33.0 Å². The second-order valence-electron chi connectivity index (χ2n) is 6.64. The van der Waals surface area contributed by atoms with Crippen molar-refractivity contribution >= 4 is 40.6 Å². The first kappa shape index (κ1) is 20.8. The van der Waals surface area contributed by atoms with Crippen molar-refractivity contribution in [3.8, 4) is 11.3 Å². The molecule has 0 saturated heterocycles. The first-order valence-corrected chi connectivity index (χ1v) is 9.49. The minimum Gasteiger partial charge on any atom is -0.459 e. The molecule has 10 heteroatoms. The van der Waals surface area contributed by atoms with Crippen molar-refractivity contribution in [2.75, 3.05) is 0 Å². The van der Waals surface area contributed by atoms with E-state index in [1.54, 1.807) is 39.0 Å². The SMILES string of the molecule is CC1=C(C(=O)OC(C)C)[C@@H](c2ccc(-c3ccc(Cl)cc3[N+](=O)[O-])o2)NC(=S)N1. The van der Waals surface area contributed by atoms with E-state index in [1.165, 1.54) is 12.1 Å². The molecule has 0 unspecified atom stereocenters. The fourth-order valence-electron chi connectivity index (χ4n) is 2.97. The Morgan fingerprint density at radius 1 is 1.34 bits per heavy atom. The average molecular weight is 436 g/mol. The number of hydrogen-bond donors (Lipinski definition) is 2. The maximum Gasteiger partial charge on any atom is 0.338 e. The molecule has 1 aromatic carbocycles. The molecule has 0 bridgehead atoms. The van der Waals surface area contributed by atoms with Crippen LogP contribution in [0.3, 0.4) is 0 Å². The number of esters is 1. The van der Waals surface area contributed by atoms with E-state index >= 15 is 0 Å². The van der Waals surface area contributed by atoms with Crippen LogP contribution in [0.25, 0.3) is 11.3 Å². The van der Waals surface area contributed by atoms with Gasteiger partial charge >= 0.3 is 5.97 Å². The minimum atomic E-state index is -0.699. The Labute approximate surface area is 177 Å². The second-order valence-corrected chi connectivity index (χ2v) is 7.49. The van der Waals surface area contributed by atoms with E-state index in [-0.39, 0.29) is 28.1 Å². The summed E-state index contributed by atoms with van der Waals surface area (Å²) in [6, 6.07) is 6.84. The Kier molecular flexibility index (Phi) is 5.90. The van der Waals surface area contributed by atoms with Crippen molar-refractivity contribution in [1.29, 1.82) is 0 Å². The van der Waals surface area contributed by atoms with Crippen LogP contribution in [0, 0.1) is 10.1 Å². The van der Waals surface area contributed by atoms with Gasteiger partial charge in [0.05, 0.1) is 22.2 Å². The van der Waals surface area contributed by atoms with Gasteiger partial charge in [0.25, 0.3) is 5.69 Å². The number of ether oxygens (including phenoxy) is 1. The highest BCUT2D eigenvalue weighted by atomic mass is 35.5. The Morgan fingerprint density at radius 3 is 2.72 bits per heavy atom. The zero-order valence-electron chi connectivity index (χ0n) is 15.8. The lowest BCUT2D eigenvalue weighted by Gasteiger charge is -2.28. The lowest BCUT2D eigenvalue weighted by atomic mass is 10.0. The molecule has 29 heavy (non-hydrogen) atoms. The summed E-state index contributed by atoms with van der Waals surface area (Å²) in [6.45, 7) is 5.22. The number of halogens is 1. The van der Waals surface area contributed by atoms with E-state index < -0.39 is 16.9 Å². The molecular weight excluding hydrogens is 418 g/mol. The molecule has 0 aliphatic carbocycles. The topological polar surface area (TPSA) is 107 Å². The largest absolute Gasteiger partial charge is 0.459 e. The maximum absolute atomic E-state index is 12.6. The van der Waals surface area contributed by atoms with Crippen LogP contribution in [0.1, 0.15) is 32.6 Å². The van der Waals surface area contributed by atoms with Crippen molar-refractivity contribution in [1.82, 2.24) is 10.6 Å². The zero-order valence-corrected chi connectivity index (χ0v) is 17.4. The van der Waals surface area contributed by atoms with E-state index in [0.29, 0.717) is 22.1 Å². The summed E-state index contributed by atoms with van der Waals surface area (Å²) in [4.78, 5) is 23.5. The Balaban J connectivity index is 2.02. The first-order valence-electron chi connectivity index (χ1n) is 8.70. The highest BCUT2D eigenvalue weighted by Gasteiger charge is 2.34. The molecule has 0 saturated carbocycles. The number of nitrogens with zero attached hydrogens (tertiary/aromatic N) is 1. The third kappa shape index (κ3) is 4.41. The summed E-state index contributed by atoms with van der Waals surface area (Å²) in [5, 5.41) is 17.9. The quantitative estimate of drug-likeness (QED) is 0.310. The number of hydrogen-bond acceptors (Lipinski definition) is 6. The molecule has 8 nitrogen and oxygen atoms in total. The van der Waals surface area contributed by atoms with E-state index in [0.717, 1.165) is 0 Å². The monoisotopic (exact) mass is 435 g/mol. The predicted octanol–water partition coefficient (Wildman–Crippen LogP) is 4.25. The molecule has 1 aromatic heterocycles. The molecule has 1 aliphatic rings. The fourth-order valence-corrected chi connectivity index (χ4v) is 3.41. The van der Waals surface area contributed by atoms with Gasteiger partial charge in [0, 0.05) is 16.8 Å². The number of nitro groups is 1. The molecule has 1 atom stereocenters. The molecule has 2 heterocycles. The zero-order chi connectivity index (χ0) is 21.3. The highest BCUT2D eigenvalue weighted by molar-refractivity contribution is 7.80. The first-order chi connectivity index (χ1) is 13.7. The summed E-state index contributed by atoms with van der Waals surface area (Å²) in [5.74, 6) is 0.118. The van der Waals surface area contributed by atoms with Crippen LogP contribution in [0.4, 0.5) is 5.69 Å². The van der Waals surface area contributed by atoms with Gasteiger partial charge < -0.3 is 19.8 Å². The van der Waals surface area contributed by atoms with E-state index in [2.05, 4.69) is 10.6 Å². The minimum absolute atomic E-state index is 0.182. The smallest absolute Gasteiger partial charge is 0.338 e. The van der Waals surface area contributed by atoms with Gasteiger partial charge in [0.15, 0.2) is 5.11 Å². The number of thiocarbonyl (C=S) groups is 1. The molecule has 0 radical (unpaired) electrons. The van der Waals surface area contributed by atoms with Crippen LogP contribution >= 0.6 is 23.8 Å². The van der Waals surface area contributed by atoms with Crippen LogP contribution in [0.2, 0.25) is 5.02 Å². The number of carbonyl (C=O) groups is 1. The lowest BCUT2D eigenvalue weighted by Crippen LogP contribution is -2.45. The molecule has 1 aliphatic heterocycles. The Bertz CT molecular complexity index is 1030. The molecule has 2 aromatic rings. The van der Waals surface area contributed by atoms with Crippen molar-refractivity contribution in [2.45, 2.75) is 32.9 Å². The Hall–Kier alpha value is -2.91. The number of nitro benzene ring substituents is 1. The van der Waals surface area contributed by atoms with Gasteiger partial charge in [-0.15, -0.1) is 0 Å². The van der Waals surface area contributed by atoms with Gasteiger partial charge in [0.2, 0.25) is 0 Å². The number of nitrogens with one attached hydrogen (secondary N) is 2. The van der Waals surface area contributed by atoms with Gasteiger partial charge in [-0.3, -0.25) is 10.1 Å². The Morgan fingerprint density at radius 2 is 2.07 bits per heavy atom. The molecule has 0 fully saturated rings. The summed E-state index contributed by atoms with van der Waals surface area (Å²) in [7, 11) is 0. The maximum atomic E-state index is 12.6. The number of carbonyl (C=O) groups excluding carboxylic acids is 1. The highest BCUT2D eigenvalue weighted by Crippen LogP contribution is 2.36. The summed E-state index contributed by atoms with van der Waals surface area (Å²) >= 11 is 11.1. The molecule has 152 valence electrons. The third-order valence-electron chi connectivity index (χ3n) is 4.17. The molecule has 3 rings (SSSR count). The standard InChI is InChI=1S/C19H18ClN3O5S/c1-9(2)27-18(24)16-10(3)21-19(29)22-17(16)15-7-6-14(28-15)12-5-4-11(20)8-13(12)23(25)26/h4-9,17H,1-3H3,(H2,21,22,29)/t17-/m1/s1. The van der Waals surface area contributed by atoms with Crippen molar-refractivity contribution in [2.24, 2.45) is 0 Å². The molecule has 0 spiro atoms. The van der Waals surface area contributed by atoms with Gasteiger partial charge in [-0.1, -0.05) is 11.6 Å². The fraction of sp³-hybridized carbons (Fsp3) is 0.263. The van der Waals surface area contributed by atoms with Gasteiger partial charge in [-0.2, -0.15) is 0 Å². The van der Waals surface area contributed by atoms with Crippen LogP contribution < -0.4 is 10.6 Å². The number of allylic oxidation sites excluding steroid dienone is 1. The van der Waals surface area contributed by atoms with Crippen LogP contribution in [0.5, 0.6) is 0 Å². The predicted molar refractivity (Wildman–Crippen MR) is 111 cm³/mol. The molecule has 0 amide bonds. The van der Waals surface area contributed by atoms with E-state index in [1.807, 2.05) is 0 Å². The summed E-state index contributed by atoms with van der Waals surface area (Å²) < 4.78 is 11.2. The number of benzene rings is 1. The number of furan rings is 1. The number of rotatable bonds is 5. The van der Waals surface area contributed by atoms with E-state index in [9.17, 15) is 14.9 Å². The van der Waals surface area contributed by atoms with Crippen molar-refractivity contribution in [3.63, 3.8) is 0 Å². The van der Waals surface area contributed by atoms with Crippen LogP contribution in [-0.4, -0.2) is 22.1 Å². The molecular formula is C19H18ClN3O5S. The third-order valence-corrected chi connectivity index (χ3v) is 4.62. The van der Waals surface area contributed by atoms with Crippen LogP contribution in [-0.2, 0) is 9.53 Å². The summed E-state index contributed by atoms with van der Waals surface area (Å²) in [6.07, 6.45) is -0.304. The van der Waals surface area contributed by atoms with Gasteiger partial charge in [-0.05, 0) is 57.3 Å². The second kappa shape index (κ2) is 8.22.